The third-order valence-corrected chi connectivity index (χ3v) is 6.32. The fourth-order valence-electron chi connectivity index (χ4n) is 3.20. The summed E-state index contributed by atoms with van der Waals surface area (Å²) in [4.78, 5) is 20.9. The van der Waals surface area contributed by atoms with E-state index in [2.05, 4.69) is 0 Å². The van der Waals surface area contributed by atoms with Crippen molar-refractivity contribution in [2.24, 2.45) is 0 Å². The van der Waals surface area contributed by atoms with Gasteiger partial charge in [0.2, 0.25) is 0 Å². The predicted molar refractivity (Wildman–Crippen MR) is 106 cm³/mol. The number of ether oxygens (including phenoxy) is 1. The van der Waals surface area contributed by atoms with Gasteiger partial charge in [0.05, 0.1) is 47.8 Å². The van der Waals surface area contributed by atoms with Crippen molar-refractivity contribution in [3.63, 3.8) is 0 Å². The minimum Gasteiger partial charge on any atom is -0.459 e. The standard InChI is InChI=1S/C19H20ClN3O3S/c1-13-4-5-14(20)17-16(13)21-19(27-17)23(18(24)15-3-2-10-26-15)7-6-22-8-11-25-12-9-22/h2-5,10H,6-9,11-12H2,1H3/p+1. The SMILES string of the molecule is Cc1ccc(Cl)c2sc(N(CC[NH+]3CCOCC3)C(=O)c3ccco3)nc12. The first-order valence-electron chi connectivity index (χ1n) is 8.96. The summed E-state index contributed by atoms with van der Waals surface area (Å²) in [6.07, 6.45) is 1.51. The number of benzene rings is 1. The van der Waals surface area contributed by atoms with E-state index in [1.165, 1.54) is 22.5 Å². The van der Waals surface area contributed by atoms with Gasteiger partial charge in [0.25, 0.3) is 5.91 Å². The van der Waals surface area contributed by atoms with Gasteiger partial charge >= 0.3 is 0 Å². The maximum absolute atomic E-state index is 13.1. The number of amides is 1. The Bertz CT molecular complexity index is 896. The number of thiazole rings is 1. The van der Waals surface area contributed by atoms with E-state index in [9.17, 15) is 4.79 Å². The molecule has 142 valence electrons. The number of carbonyl (C=O) groups is 1. The quantitative estimate of drug-likeness (QED) is 0.707. The minimum absolute atomic E-state index is 0.180. The number of halogens is 1. The number of fused-ring (bicyclic) bond motifs is 1. The molecule has 1 fully saturated rings. The van der Waals surface area contributed by atoms with Gasteiger partial charge in [-0.15, -0.1) is 0 Å². The monoisotopic (exact) mass is 406 g/mol. The Morgan fingerprint density at radius 2 is 2.15 bits per heavy atom. The fraction of sp³-hybridized carbons (Fsp3) is 0.368. The van der Waals surface area contributed by atoms with E-state index in [0.29, 0.717) is 22.5 Å². The molecule has 1 saturated heterocycles. The topological polar surface area (TPSA) is 60.0 Å². The van der Waals surface area contributed by atoms with Gasteiger partial charge in [-0.3, -0.25) is 9.69 Å². The van der Waals surface area contributed by atoms with E-state index in [4.69, 9.17) is 25.7 Å². The molecule has 1 aliphatic heterocycles. The predicted octanol–water partition coefficient (Wildman–Crippen LogP) is 2.41. The zero-order valence-electron chi connectivity index (χ0n) is 15.0. The molecule has 1 N–H and O–H groups in total. The number of carbonyl (C=O) groups excluding carboxylic acids is 1. The first-order chi connectivity index (χ1) is 13.1. The van der Waals surface area contributed by atoms with E-state index in [-0.39, 0.29) is 5.91 Å². The molecule has 4 rings (SSSR count). The summed E-state index contributed by atoms with van der Waals surface area (Å²) < 4.78 is 11.7. The summed E-state index contributed by atoms with van der Waals surface area (Å²) in [5.74, 6) is 0.134. The molecule has 0 aliphatic carbocycles. The number of nitrogens with one attached hydrogen (secondary N) is 1. The smallest absolute Gasteiger partial charge is 0.295 e. The summed E-state index contributed by atoms with van der Waals surface area (Å²) in [5, 5.41) is 1.30. The lowest BCUT2D eigenvalue weighted by molar-refractivity contribution is -0.906. The molecule has 0 atom stereocenters. The highest BCUT2D eigenvalue weighted by atomic mass is 35.5. The second-order valence-corrected chi connectivity index (χ2v) is 7.97. The number of furan rings is 1. The number of quaternary nitrogens is 1. The normalized spacial score (nSPS) is 15.3. The lowest BCUT2D eigenvalue weighted by Gasteiger charge is -2.26. The molecule has 0 radical (unpaired) electrons. The number of morpholine rings is 1. The summed E-state index contributed by atoms with van der Waals surface area (Å²) in [7, 11) is 0. The molecule has 1 aromatic carbocycles. The summed E-state index contributed by atoms with van der Waals surface area (Å²) >= 11 is 7.80. The Hall–Kier alpha value is -1.93. The Kier molecular flexibility index (Phi) is 5.45. The molecule has 3 aromatic rings. The number of nitrogens with zero attached hydrogens (tertiary/aromatic N) is 2. The van der Waals surface area contributed by atoms with E-state index in [1.807, 2.05) is 19.1 Å². The Labute approximate surface area is 166 Å². The molecule has 0 spiro atoms. The fourth-order valence-corrected chi connectivity index (χ4v) is 4.54. The third-order valence-electron chi connectivity index (χ3n) is 4.78. The molecule has 1 amide bonds. The molecule has 0 unspecified atom stereocenters. The van der Waals surface area contributed by atoms with Crippen LogP contribution < -0.4 is 9.80 Å². The first kappa shape index (κ1) is 18.4. The highest BCUT2D eigenvalue weighted by Crippen LogP contribution is 2.36. The van der Waals surface area contributed by atoms with Crippen molar-refractivity contribution in [1.82, 2.24) is 4.98 Å². The summed E-state index contributed by atoms with van der Waals surface area (Å²) in [6.45, 7) is 6.82. The van der Waals surface area contributed by atoms with Gasteiger partial charge in [-0.05, 0) is 30.7 Å². The van der Waals surface area contributed by atoms with Crippen LogP contribution in [0.1, 0.15) is 16.1 Å². The number of aryl methyl sites for hydroxylation is 1. The van der Waals surface area contributed by atoms with Gasteiger partial charge < -0.3 is 14.1 Å². The van der Waals surface area contributed by atoms with E-state index in [0.717, 1.165) is 48.6 Å². The second kappa shape index (κ2) is 7.98. The van der Waals surface area contributed by atoms with Gasteiger partial charge in [-0.2, -0.15) is 0 Å². The first-order valence-corrected chi connectivity index (χ1v) is 10.2. The molecule has 8 heteroatoms. The average molecular weight is 407 g/mol. The number of hydrogen-bond donors (Lipinski definition) is 1. The molecular formula is C19H21ClN3O3S+. The molecule has 27 heavy (non-hydrogen) atoms. The van der Waals surface area contributed by atoms with Gasteiger partial charge in [-0.25, -0.2) is 4.98 Å². The van der Waals surface area contributed by atoms with Gasteiger partial charge in [0.1, 0.15) is 13.1 Å². The zero-order valence-corrected chi connectivity index (χ0v) is 16.6. The van der Waals surface area contributed by atoms with E-state index in [1.54, 1.807) is 17.0 Å². The van der Waals surface area contributed by atoms with Crippen molar-refractivity contribution in [3.8, 4) is 0 Å². The molecule has 6 nitrogen and oxygen atoms in total. The number of anilines is 1. The maximum atomic E-state index is 13.1. The second-order valence-electron chi connectivity index (χ2n) is 6.58. The van der Waals surface area contributed by atoms with Crippen molar-refractivity contribution in [3.05, 3.63) is 46.9 Å². The molecular weight excluding hydrogens is 386 g/mol. The van der Waals surface area contributed by atoms with Gasteiger partial charge in [0.15, 0.2) is 10.9 Å². The lowest BCUT2D eigenvalue weighted by Crippen LogP contribution is -3.14. The molecule has 0 bridgehead atoms. The van der Waals surface area contributed by atoms with Crippen LogP contribution >= 0.6 is 22.9 Å². The van der Waals surface area contributed by atoms with Crippen LogP contribution in [0.5, 0.6) is 0 Å². The summed E-state index contributed by atoms with van der Waals surface area (Å²) in [6, 6.07) is 7.23. The van der Waals surface area contributed by atoms with E-state index >= 15 is 0 Å². The van der Waals surface area contributed by atoms with Crippen LogP contribution in [0.15, 0.2) is 34.9 Å². The Balaban J connectivity index is 1.65. The largest absolute Gasteiger partial charge is 0.459 e. The van der Waals surface area contributed by atoms with Crippen LogP contribution in [-0.2, 0) is 4.74 Å². The number of rotatable bonds is 5. The number of aromatic nitrogens is 1. The maximum Gasteiger partial charge on any atom is 0.295 e. The lowest BCUT2D eigenvalue weighted by atomic mass is 10.2. The van der Waals surface area contributed by atoms with Crippen LogP contribution in [-0.4, -0.2) is 50.3 Å². The van der Waals surface area contributed by atoms with Gasteiger partial charge in [0, 0.05) is 0 Å². The van der Waals surface area contributed by atoms with Crippen LogP contribution in [0, 0.1) is 6.92 Å². The van der Waals surface area contributed by atoms with Crippen molar-refractivity contribution in [2.45, 2.75) is 6.92 Å². The third kappa shape index (κ3) is 3.87. The van der Waals surface area contributed by atoms with Crippen molar-refractivity contribution in [2.75, 3.05) is 44.3 Å². The Morgan fingerprint density at radius 1 is 1.33 bits per heavy atom. The van der Waals surface area contributed by atoms with Gasteiger partial charge in [-0.1, -0.05) is 29.0 Å². The van der Waals surface area contributed by atoms with Crippen LogP contribution in [0.2, 0.25) is 5.02 Å². The van der Waals surface area contributed by atoms with Crippen molar-refractivity contribution >= 4 is 44.2 Å². The minimum atomic E-state index is -0.180. The van der Waals surface area contributed by atoms with Crippen LogP contribution in [0.3, 0.4) is 0 Å². The van der Waals surface area contributed by atoms with Crippen LogP contribution in [0.4, 0.5) is 5.13 Å². The highest BCUT2D eigenvalue weighted by Gasteiger charge is 2.26. The van der Waals surface area contributed by atoms with Crippen LogP contribution in [0.25, 0.3) is 10.2 Å². The molecule has 3 heterocycles. The summed E-state index contributed by atoms with van der Waals surface area (Å²) in [5.41, 5.74) is 1.89. The zero-order chi connectivity index (χ0) is 18.8. The molecule has 1 aliphatic rings. The van der Waals surface area contributed by atoms with Crippen molar-refractivity contribution in [1.29, 1.82) is 0 Å². The molecule has 0 saturated carbocycles. The Morgan fingerprint density at radius 3 is 2.85 bits per heavy atom. The van der Waals surface area contributed by atoms with Crippen molar-refractivity contribution < 1.29 is 18.8 Å². The molecule has 2 aromatic heterocycles. The average Bonchev–Trinajstić information content (AvgIpc) is 3.36. The highest BCUT2D eigenvalue weighted by molar-refractivity contribution is 7.23. The number of hydrogen-bond acceptors (Lipinski definition) is 5. The van der Waals surface area contributed by atoms with E-state index < -0.39 is 0 Å².